The molecular weight excluding hydrogens is 298 g/mol. The number of fused-ring (bicyclic) bond motifs is 3. The molecule has 0 aliphatic carbocycles. The smallest absolute Gasteiger partial charge is 0.344 e. The minimum absolute atomic E-state index is 0.353. The standard InChI is InChI=1S/C15H13N5OS/c1-22(21)15-18-9-11-8-12(10-2-4-16-5-3-10)14-17-6-7-20(14)13(11)19-15/h2-5,8-9H,6-7H2,1H3. The summed E-state index contributed by atoms with van der Waals surface area (Å²) in [4.78, 5) is 19.4. The topological polar surface area (TPSA) is 77.3 Å². The van der Waals surface area contributed by atoms with E-state index in [0.29, 0.717) is 5.16 Å². The summed E-state index contributed by atoms with van der Waals surface area (Å²) >= 11 is -1.20. The number of hydrogen-bond acceptors (Lipinski definition) is 6. The zero-order chi connectivity index (χ0) is 15.1. The van der Waals surface area contributed by atoms with E-state index in [4.69, 9.17) is 0 Å². The monoisotopic (exact) mass is 311 g/mol. The molecule has 2 aliphatic rings. The Balaban J connectivity index is 1.88. The zero-order valence-electron chi connectivity index (χ0n) is 11.9. The van der Waals surface area contributed by atoms with Crippen molar-refractivity contribution in [2.75, 3.05) is 24.2 Å². The predicted octanol–water partition coefficient (Wildman–Crippen LogP) is 1.38. The Morgan fingerprint density at radius 1 is 1.27 bits per heavy atom. The van der Waals surface area contributed by atoms with Crippen LogP contribution in [0.25, 0.3) is 11.6 Å². The fraction of sp³-hybridized carbons (Fsp3) is 0.200. The highest BCUT2D eigenvalue weighted by Crippen LogP contribution is 2.34. The van der Waals surface area contributed by atoms with Crippen molar-refractivity contribution < 1.29 is 4.55 Å². The first-order chi connectivity index (χ1) is 10.7. The van der Waals surface area contributed by atoms with Gasteiger partial charge in [0, 0.05) is 47.4 Å². The normalized spacial score (nSPS) is 17.5. The van der Waals surface area contributed by atoms with Gasteiger partial charge < -0.3 is 9.45 Å². The number of aromatic nitrogens is 3. The molecule has 2 aliphatic heterocycles. The minimum Gasteiger partial charge on any atom is -0.609 e. The number of anilines is 1. The van der Waals surface area contributed by atoms with Crippen LogP contribution in [0.3, 0.4) is 0 Å². The minimum atomic E-state index is -1.20. The van der Waals surface area contributed by atoms with Crippen LogP contribution in [0.15, 0.2) is 40.9 Å². The highest BCUT2D eigenvalue weighted by Gasteiger charge is 2.31. The second-order valence-corrected chi connectivity index (χ2v) is 6.31. The van der Waals surface area contributed by atoms with Crippen molar-refractivity contribution in [2.45, 2.75) is 5.16 Å². The molecule has 0 aromatic carbocycles. The van der Waals surface area contributed by atoms with Gasteiger partial charge in [-0.15, -0.1) is 0 Å². The fourth-order valence-corrected chi connectivity index (χ4v) is 3.09. The van der Waals surface area contributed by atoms with Crippen molar-refractivity contribution in [3.05, 3.63) is 41.9 Å². The Morgan fingerprint density at radius 3 is 2.86 bits per heavy atom. The largest absolute Gasteiger partial charge is 0.609 e. The Bertz CT molecular complexity index is 788. The summed E-state index contributed by atoms with van der Waals surface area (Å²) in [6.07, 6.45) is 8.89. The van der Waals surface area contributed by atoms with E-state index in [2.05, 4.69) is 24.8 Å². The lowest BCUT2D eigenvalue weighted by molar-refractivity contribution is 0.592. The van der Waals surface area contributed by atoms with Crippen LogP contribution in [0.2, 0.25) is 0 Å². The van der Waals surface area contributed by atoms with Crippen LogP contribution in [-0.4, -0.2) is 44.7 Å². The van der Waals surface area contributed by atoms with Crippen molar-refractivity contribution in [1.82, 2.24) is 15.0 Å². The molecule has 4 rings (SSSR count). The van der Waals surface area contributed by atoms with Gasteiger partial charge in [-0.3, -0.25) is 9.98 Å². The van der Waals surface area contributed by atoms with Crippen molar-refractivity contribution in [3.63, 3.8) is 0 Å². The summed E-state index contributed by atoms with van der Waals surface area (Å²) in [5.74, 6) is 1.69. The van der Waals surface area contributed by atoms with E-state index in [1.165, 1.54) is 0 Å². The quantitative estimate of drug-likeness (QED) is 0.618. The first-order valence-corrected chi connectivity index (χ1v) is 8.45. The van der Waals surface area contributed by atoms with E-state index in [9.17, 15) is 4.55 Å². The maximum atomic E-state index is 11.6. The zero-order valence-corrected chi connectivity index (χ0v) is 12.7. The molecule has 7 heteroatoms. The third-order valence-corrected chi connectivity index (χ3v) is 4.37. The highest BCUT2D eigenvalue weighted by atomic mass is 32.2. The van der Waals surface area contributed by atoms with Crippen molar-refractivity contribution in [3.8, 4) is 0 Å². The number of hydrogen-bond donors (Lipinski definition) is 0. The van der Waals surface area contributed by atoms with Gasteiger partial charge in [0.1, 0.15) is 17.9 Å². The van der Waals surface area contributed by atoms with Crippen LogP contribution in [0.4, 0.5) is 5.82 Å². The molecule has 0 bridgehead atoms. The lowest BCUT2D eigenvalue weighted by Crippen LogP contribution is -2.32. The lowest BCUT2D eigenvalue weighted by Gasteiger charge is -2.27. The summed E-state index contributed by atoms with van der Waals surface area (Å²) in [6.45, 7) is 1.50. The van der Waals surface area contributed by atoms with Crippen molar-refractivity contribution >= 4 is 34.5 Å². The highest BCUT2D eigenvalue weighted by molar-refractivity contribution is 7.90. The van der Waals surface area contributed by atoms with E-state index < -0.39 is 11.2 Å². The summed E-state index contributed by atoms with van der Waals surface area (Å²) < 4.78 is 11.6. The summed E-state index contributed by atoms with van der Waals surface area (Å²) in [7, 11) is 0. The Hall–Kier alpha value is -2.25. The molecule has 1 unspecified atom stereocenters. The lowest BCUT2D eigenvalue weighted by atomic mass is 10.00. The molecule has 0 fully saturated rings. The summed E-state index contributed by atoms with van der Waals surface area (Å²) in [5, 5.41) is 0.353. The Kier molecular flexibility index (Phi) is 3.16. The van der Waals surface area contributed by atoms with Crippen LogP contribution in [-0.2, 0) is 11.2 Å². The number of nitrogens with zero attached hydrogens (tertiary/aromatic N) is 5. The van der Waals surface area contributed by atoms with Crippen LogP contribution >= 0.6 is 0 Å². The van der Waals surface area contributed by atoms with Crippen molar-refractivity contribution in [1.29, 1.82) is 0 Å². The van der Waals surface area contributed by atoms with Gasteiger partial charge in [0.05, 0.1) is 6.54 Å². The molecule has 0 N–H and O–H groups in total. The molecule has 6 nitrogen and oxygen atoms in total. The molecule has 0 saturated heterocycles. The SMILES string of the molecule is C[S+]([O-])c1ncc2c(n1)N1CCN=C1C(c1ccncc1)=C2. The second-order valence-electron chi connectivity index (χ2n) is 5.04. The maximum Gasteiger partial charge on any atom is 0.344 e. The first kappa shape index (κ1) is 13.4. The van der Waals surface area contributed by atoms with Crippen molar-refractivity contribution in [2.24, 2.45) is 4.99 Å². The number of pyridine rings is 1. The van der Waals surface area contributed by atoms with E-state index in [-0.39, 0.29) is 0 Å². The molecule has 110 valence electrons. The molecule has 4 heterocycles. The first-order valence-electron chi connectivity index (χ1n) is 6.89. The van der Waals surface area contributed by atoms with Gasteiger partial charge in [-0.25, -0.2) is 0 Å². The van der Waals surface area contributed by atoms with E-state index in [0.717, 1.165) is 41.4 Å². The number of rotatable bonds is 2. The van der Waals surface area contributed by atoms with Gasteiger partial charge in [0.15, 0.2) is 0 Å². The molecular formula is C15H13N5OS. The molecule has 2 aromatic rings. The molecule has 0 spiro atoms. The van der Waals surface area contributed by atoms with E-state index in [1.54, 1.807) is 24.8 Å². The van der Waals surface area contributed by atoms with Crippen LogP contribution < -0.4 is 4.90 Å². The molecule has 22 heavy (non-hydrogen) atoms. The van der Waals surface area contributed by atoms with Gasteiger partial charge in [-0.2, -0.15) is 9.97 Å². The van der Waals surface area contributed by atoms with E-state index >= 15 is 0 Å². The summed E-state index contributed by atoms with van der Waals surface area (Å²) in [5.41, 5.74) is 3.03. The van der Waals surface area contributed by atoms with Gasteiger partial charge >= 0.3 is 5.16 Å². The summed E-state index contributed by atoms with van der Waals surface area (Å²) in [6, 6.07) is 3.93. The average Bonchev–Trinajstić information content (AvgIpc) is 3.04. The van der Waals surface area contributed by atoms with Crippen LogP contribution in [0.1, 0.15) is 11.1 Å². The predicted molar refractivity (Wildman–Crippen MR) is 86.1 cm³/mol. The number of amidine groups is 1. The third-order valence-electron chi connectivity index (χ3n) is 3.66. The maximum absolute atomic E-state index is 11.6. The number of aliphatic imine (C=N–C) groups is 1. The Labute approximate surface area is 130 Å². The van der Waals surface area contributed by atoms with Gasteiger partial charge in [0.25, 0.3) is 0 Å². The van der Waals surface area contributed by atoms with Crippen LogP contribution in [0, 0.1) is 0 Å². The molecule has 0 amide bonds. The fourth-order valence-electron chi connectivity index (χ4n) is 2.67. The average molecular weight is 311 g/mol. The molecule has 2 aromatic heterocycles. The molecule has 0 saturated carbocycles. The third kappa shape index (κ3) is 2.10. The van der Waals surface area contributed by atoms with E-state index in [1.807, 2.05) is 18.2 Å². The van der Waals surface area contributed by atoms with Crippen LogP contribution in [0.5, 0.6) is 0 Å². The second kappa shape index (κ2) is 5.19. The molecule has 1 atom stereocenters. The molecule has 0 radical (unpaired) electrons. The Morgan fingerprint density at radius 2 is 2.09 bits per heavy atom. The van der Waals surface area contributed by atoms with Gasteiger partial charge in [0.2, 0.25) is 0 Å². The van der Waals surface area contributed by atoms with Gasteiger partial charge in [-0.05, 0) is 23.8 Å². The van der Waals surface area contributed by atoms with Gasteiger partial charge in [-0.1, -0.05) is 0 Å².